The van der Waals surface area contributed by atoms with Crippen LogP contribution in [0, 0.1) is 0 Å². The molecule has 7 nitrogen and oxygen atoms in total. The maximum absolute atomic E-state index is 10.9. The number of nitrogens with zero attached hydrogens (tertiary/aromatic N) is 1. The summed E-state index contributed by atoms with van der Waals surface area (Å²) < 4.78 is 9.89. The highest BCUT2D eigenvalue weighted by Gasteiger charge is 2.18. The number of aromatic nitrogens is 1. The van der Waals surface area contributed by atoms with Gasteiger partial charge < -0.3 is 19.7 Å². The highest BCUT2D eigenvalue weighted by Crippen LogP contribution is 2.14. The number of hydrogen-bond donors (Lipinski definition) is 2. The van der Waals surface area contributed by atoms with Gasteiger partial charge >= 0.3 is 5.97 Å². The summed E-state index contributed by atoms with van der Waals surface area (Å²) in [6.45, 7) is 1.64. The highest BCUT2D eigenvalue weighted by atomic mass is 32.2. The Kier molecular flexibility index (Phi) is 6.37. The van der Waals surface area contributed by atoms with Crippen molar-refractivity contribution >= 4 is 23.6 Å². The maximum Gasteiger partial charge on any atom is 0.327 e. The number of hydrogen-bond acceptors (Lipinski definition) is 6. The summed E-state index contributed by atoms with van der Waals surface area (Å²) in [5.41, 5.74) is 0.712. The maximum atomic E-state index is 10.9. The third-order valence-electron chi connectivity index (χ3n) is 2.10. The molecule has 8 heteroatoms. The SMILES string of the molecule is COCc1cc(CSCC(NC(C)=O)C(=O)O)no1. The summed E-state index contributed by atoms with van der Waals surface area (Å²) >= 11 is 1.36. The standard InChI is InChI=1S/C11H16N2O5S/c1-7(14)12-10(11(15)16)6-19-5-8-3-9(4-17-2)18-13-8/h3,10H,4-6H2,1-2H3,(H,12,14)(H,15,16). The number of carbonyl (C=O) groups excluding carboxylic acids is 1. The van der Waals surface area contributed by atoms with Gasteiger partial charge in [0.1, 0.15) is 12.6 Å². The minimum atomic E-state index is -1.05. The minimum absolute atomic E-state index is 0.265. The van der Waals surface area contributed by atoms with Crippen LogP contribution in [0.2, 0.25) is 0 Å². The summed E-state index contributed by atoms with van der Waals surface area (Å²) in [5, 5.41) is 15.1. The van der Waals surface area contributed by atoms with Gasteiger partial charge in [-0.15, -0.1) is 0 Å². The number of amides is 1. The first-order valence-corrected chi connectivity index (χ1v) is 6.69. The Morgan fingerprint density at radius 2 is 2.37 bits per heavy atom. The van der Waals surface area contributed by atoms with Crippen LogP contribution in [0.1, 0.15) is 18.4 Å². The van der Waals surface area contributed by atoms with Gasteiger partial charge in [0.15, 0.2) is 5.76 Å². The van der Waals surface area contributed by atoms with Crippen molar-refractivity contribution in [3.05, 3.63) is 17.5 Å². The van der Waals surface area contributed by atoms with E-state index in [0.717, 1.165) is 0 Å². The van der Waals surface area contributed by atoms with Crippen molar-refractivity contribution in [1.29, 1.82) is 0 Å². The van der Waals surface area contributed by atoms with E-state index in [4.69, 9.17) is 14.4 Å². The zero-order valence-corrected chi connectivity index (χ0v) is 11.5. The van der Waals surface area contributed by atoms with Crippen molar-refractivity contribution in [2.45, 2.75) is 25.3 Å². The van der Waals surface area contributed by atoms with E-state index in [-0.39, 0.29) is 11.7 Å². The molecule has 0 radical (unpaired) electrons. The molecule has 0 aliphatic carbocycles. The van der Waals surface area contributed by atoms with Crippen molar-refractivity contribution in [2.75, 3.05) is 12.9 Å². The van der Waals surface area contributed by atoms with Gasteiger partial charge in [-0.05, 0) is 0 Å². The molecule has 19 heavy (non-hydrogen) atoms. The lowest BCUT2D eigenvalue weighted by atomic mass is 10.3. The first-order valence-electron chi connectivity index (χ1n) is 5.54. The number of methoxy groups -OCH3 is 1. The number of nitrogens with one attached hydrogen (secondary N) is 1. The van der Waals surface area contributed by atoms with Crippen LogP contribution in [-0.2, 0) is 26.7 Å². The van der Waals surface area contributed by atoms with E-state index in [9.17, 15) is 9.59 Å². The third-order valence-corrected chi connectivity index (χ3v) is 3.17. The summed E-state index contributed by atoms with van der Waals surface area (Å²) in [6.07, 6.45) is 0. The van der Waals surface area contributed by atoms with Gasteiger partial charge in [0.05, 0.1) is 5.69 Å². The molecule has 2 N–H and O–H groups in total. The van der Waals surface area contributed by atoms with Crippen molar-refractivity contribution in [1.82, 2.24) is 10.5 Å². The first kappa shape index (κ1) is 15.5. The topological polar surface area (TPSA) is 102 Å². The number of rotatable bonds is 8. The van der Waals surface area contributed by atoms with Gasteiger partial charge in [0.25, 0.3) is 0 Å². The lowest BCUT2D eigenvalue weighted by Crippen LogP contribution is -2.41. The highest BCUT2D eigenvalue weighted by molar-refractivity contribution is 7.98. The summed E-state index contributed by atoms with van der Waals surface area (Å²) in [7, 11) is 1.56. The van der Waals surface area contributed by atoms with Gasteiger partial charge in [-0.3, -0.25) is 4.79 Å². The van der Waals surface area contributed by atoms with Crippen molar-refractivity contribution in [3.8, 4) is 0 Å². The molecule has 1 heterocycles. The Morgan fingerprint density at radius 1 is 1.63 bits per heavy atom. The van der Waals surface area contributed by atoms with Gasteiger partial charge in [0, 0.05) is 31.6 Å². The van der Waals surface area contributed by atoms with E-state index in [1.165, 1.54) is 18.7 Å². The molecule has 1 aromatic rings. The van der Waals surface area contributed by atoms with Crippen LogP contribution in [0.25, 0.3) is 0 Å². The number of thioether (sulfide) groups is 1. The van der Waals surface area contributed by atoms with Gasteiger partial charge in [-0.1, -0.05) is 5.16 Å². The van der Waals surface area contributed by atoms with E-state index < -0.39 is 12.0 Å². The molecular formula is C11H16N2O5S. The number of carbonyl (C=O) groups is 2. The Balaban J connectivity index is 2.38. The molecule has 0 bridgehead atoms. The average Bonchev–Trinajstić information content (AvgIpc) is 2.75. The zero-order valence-electron chi connectivity index (χ0n) is 10.7. The summed E-state index contributed by atoms with van der Waals surface area (Å²) in [6, 6.07) is 0.859. The van der Waals surface area contributed by atoms with Gasteiger partial charge in [-0.2, -0.15) is 11.8 Å². The van der Waals surface area contributed by atoms with Crippen LogP contribution in [0.15, 0.2) is 10.6 Å². The molecule has 0 aromatic carbocycles. The quantitative estimate of drug-likeness (QED) is 0.723. The molecule has 1 rings (SSSR count). The van der Waals surface area contributed by atoms with Crippen molar-refractivity contribution in [3.63, 3.8) is 0 Å². The fraction of sp³-hybridized carbons (Fsp3) is 0.545. The van der Waals surface area contributed by atoms with Crippen LogP contribution in [0.5, 0.6) is 0 Å². The first-order chi connectivity index (χ1) is 9.02. The molecule has 1 aromatic heterocycles. The normalized spacial score (nSPS) is 12.1. The number of carboxylic acids is 1. The predicted octanol–water partition coefficient (Wildman–Crippen LogP) is 0.643. The Bertz CT molecular complexity index is 434. The van der Waals surface area contributed by atoms with Gasteiger partial charge in [-0.25, -0.2) is 4.79 Å². The molecule has 0 saturated heterocycles. The molecule has 0 saturated carbocycles. The second-order valence-corrected chi connectivity index (χ2v) is 4.85. The average molecular weight is 288 g/mol. The molecule has 1 amide bonds. The lowest BCUT2D eigenvalue weighted by molar-refractivity contribution is -0.140. The van der Waals surface area contributed by atoms with Crippen molar-refractivity contribution in [2.24, 2.45) is 0 Å². The second-order valence-electron chi connectivity index (χ2n) is 3.82. The van der Waals surface area contributed by atoms with E-state index in [1.54, 1.807) is 13.2 Å². The molecule has 1 unspecified atom stereocenters. The minimum Gasteiger partial charge on any atom is -0.480 e. The van der Waals surface area contributed by atoms with E-state index in [0.29, 0.717) is 23.8 Å². The fourth-order valence-corrected chi connectivity index (χ4v) is 2.26. The lowest BCUT2D eigenvalue weighted by Gasteiger charge is -2.11. The Hall–Kier alpha value is -1.54. The largest absolute Gasteiger partial charge is 0.480 e. The predicted molar refractivity (Wildman–Crippen MR) is 68.6 cm³/mol. The molecule has 106 valence electrons. The van der Waals surface area contributed by atoms with Crippen LogP contribution in [0.4, 0.5) is 0 Å². The zero-order chi connectivity index (χ0) is 14.3. The van der Waals surface area contributed by atoms with Crippen LogP contribution in [-0.4, -0.2) is 41.0 Å². The summed E-state index contributed by atoms with van der Waals surface area (Å²) in [5.74, 6) is -0.0210. The molecular weight excluding hydrogens is 272 g/mol. The Labute approximate surface area is 114 Å². The Morgan fingerprint density at radius 3 is 2.95 bits per heavy atom. The van der Waals surface area contributed by atoms with Crippen LogP contribution in [0.3, 0.4) is 0 Å². The summed E-state index contributed by atoms with van der Waals surface area (Å²) in [4.78, 5) is 21.7. The second kappa shape index (κ2) is 7.80. The van der Waals surface area contributed by atoms with Crippen LogP contribution < -0.4 is 5.32 Å². The molecule has 0 fully saturated rings. The van der Waals surface area contributed by atoms with Crippen LogP contribution >= 0.6 is 11.8 Å². The molecule has 0 aliphatic rings. The molecule has 1 atom stereocenters. The van der Waals surface area contributed by atoms with E-state index in [2.05, 4.69) is 10.5 Å². The number of ether oxygens (including phenoxy) is 1. The smallest absolute Gasteiger partial charge is 0.327 e. The van der Waals surface area contributed by atoms with Gasteiger partial charge in [0.2, 0.25) is 5.91 Å². The van der Waals surface area contributed by atoms with E-state index >= 15 is 0 Å². The molecule has 0 spiro atoms. The monoisotopic (exact) mass is 288 g/mol. The van der Waals surface area contributed by atoms with E-state index in [1.807, 2.05) is 0 Å². The number of carboxylic acid groups (broad SMARTS) is 1. The van der Waals surface area contributed by atoms with Crippen molar-refractivity contribution < 1.29 is 24.0 Å². The number of aliphatic carboxylic acids is 1. The fourth-order valence-electron chi connectivity index (χ4n) is 1.34. The third kappa shape index (κ3) is 5.75. The molecule has 0 aliphatic heterocycles.